The van der Waals surface area contributed by atoms with Crippen LogP contribution in [0.2, 0.25) is 0 Å². The molecule has 0 rings (SSSR count). The Hall–Kier alpha value is -1.85. The van der Waals surface area contributed by atoms with Gasteiger partial charge in [-0.1, -0.05) is 13.8 Å². The van der Waals surface area contributed by atoms with Crippen molar-refractivity contribution in [2.75, 3.05) is 5.75 Å². The molecule has 0 aromatic carbocycles. The third-order valence-corrected chi connectivity index (χ3v) is 3.97. The molecule has 0 aromatic rings. The maximum atomic E-state index is 12.4. The van der Waals surface area contributed by atoms with E-state index in [-0.39, 0.29) is 11.7 Å². The SMILES string of the molecule is CC(NC(=O)C(NC(=O)C(N)CS)C(C)C)C(=O)NC(C(=O)O)C(C)O. The highest BCUT2D eigenvalue weighted by molar-refractivity contribution is 7.80. The van der Waals surface area contributed by atoms with Crippen LogP contribution in [-0.4, -0.2) is 69.9 Å². The van der Waals surface area contributed by atoms with Crippen molar-refractivity contribution in [1.29, 1.82) is 0 Å². The fourth-order valence-corrected chi connectivity index (χ4v) is 2.08. The van der Waals surface area contributed by atoms with Crippen molar-refractivity contribution in [2.45, 2.75) is 58.0 Å². The Balaban J connectivity index is 4.94. The zero-order chi connectivity index (χ0) is 20.6. The molecule has 0 aliphatic heterocycles. The van der Waals surface area contributed by atoms with Crippen molar-refractivity contribution in [3.63, 3.8) is 0 Å². The summed E-state index contributed by atoms with van der Waals surface area (Å²) in [7, 11) is 0. The summed E-state index contributed by atoms with van der Waals surface area (Å²) in [6.07, 6.45) is -1.32. The number of rotatable bonds is 10. The lowest BCUT2D eigenvalue weighted by molar-refractivity contribution is -0.145. The van der Waals surface area contributed by atoms with E-state index < -0.39 is 54.0 Å². The van der Waals surface area contributed by atoms with Gasteiger partial charge in [0.25, 0.3) is 0 Å². The molecule has 26 heavy (non-hydrogen) atoms. The van der Waals surface area contributed by atoms with Gasteiger partial charge < -0.3 is 31.9 Å². The fraction of sp³-hybridized carbons (Fsp3) is 0.733. The number of nitrogens with two attached hydrogens (primary N) is 1. The Labute approximate surface area is 157 Å². The normalized spacial score (nSPS) is 16.8. The molecule has 0 spiro atoms. The van der Waals surface area contributed by atoms with Gasteiger partial charge in [0.05, 0.1) is 12.1 Å². The molecule has 0 saturated carbocycles. The Kier molecular flexibility index (Phi) is 10.2. The Bertz CT molecular complexity index is 528. The van der Waals surface area contributed by atoms with Crippen LogP contribution in [0.15, 0.2) is 0 Å². The van der Waals surface area contributed by atoms with Crippen LogP contribution >= 0.6 is 12.6 Å². The topological polar surface area (TPSA) is 171 Å². The molecule has 150 valence electrons. The van der Waals surface area contributed by atoms with Crippen molar-refractivity contribution in [1.82, 2.24) is 16.0 Å². The molecule has 10 nitrogen and oxygen atoms in total. The van der Waals surface area contributed by atoms with E-state index in [1.807, 2.05) is 0 Å². The third-order valence-electron chi connectivity index (χ3n) is 3.58. The molecule has 0 fully saturated rings. The third kappa shape index (κ3) is 7.58. The standard InChI is InChI=1S/C15H28N4O6S/c1-6(2)10(18-13(22)9(16)5-26)14(23)17-7(3)12(21)19-11(8(4)20)15(24)25/h6-11,20,26H,5,16H2,1-4H3,(H,17,23)(H,18,22)(H,19,21)(H,24,25). The average molecular weight is 392 g/mol. The van der Waals surface area contributed by atoms with Gasteiger partial charge >= 0.3 is 5.97 Å². The number of carboxylic acids is 1. The second-order valence-electron chi connectivity index (χ2n) is 6.31. The van der Waals surface area contributed by atoms with Crippen LogP contribution in [-0.2, 0) is 19.2 Å². The molecule has 0 radical (unpaired) electrons. The molecule has 5 unspecified atom stereocenters. The number of aliphatic hydroxyl groups excluding tert-OH is 1. The molecular formula is C15H28N4O6S. The van der Waals surface area contributed by atoms with Crippen molar-refractivity contribution < 1.29 is 29.4 Å². The van der Waals surface area contributed by atoms with Crippen LogP contribution in [0.3, 0.4) is 0 Å². The van der Waals surface area contributed by atoms with E-state index in [4.69, 9.17) is 10.8 Å². The van der Waals surface area contributed by atoms with E-state index in [1.54, 1.807) is 13.8 Å². The van der Waals surface area contributed by atoms with Gasteiger partial charge in [-0.2, -0.15) is 12.6 Å². The summed E-state index contributed by atoms with van der Waals surface area (Å²) in [5.74, 6) is -3.54. The molecule has 5 atom stereocenters. The number of thiol groups is 1. The minimum atomic E-state index is -1.50. The Morgan fingerprint density at radius 3 is 1.81 bits per heavy atom. The molecule has 7 N–H and O–H groups in total. The van der Waals surface area contributed by atoms with Crippen molar-refractivity contribution in [2.24, 2.45) is 11.7 Å². The summed E-state index contributed by atoms with van der Waals surface area (Å²) < 4.78 is 0. The number of hydrogen-bond donors (Lipinski definition) is 7. The first-order valence-electron chi connectivity index (χ1n) is 8.10. The molecule has 0 bridgehead atoms. The largest absolute Gasteiger partial charge is 0.480 e. The molecule has 0 aliphatic carbocycles. The minimum Gasteiger partial charge on any atom is -0.480 e. The number of carbonyl (C=O) groups excluding carboxylic acids is 3. The van der Waals surface area contributed by atoms with Gasteiger partial charge in [0.1, 0.15) is 12.1 Å². The quantitative estimate of drug-likeness (QED) is 0.207. The first-order chi connectivity index (χ1) is 11.9. The predicted octanol–water partition coefficient (Wildman–Crippen LogP) is -2.16. The van der Waals surface area contributed by atoms with E-state index in [0.717, 1.165) is 0 Å². The van der Waals surface area contributed by atoms with E-state index in [2.05, 4.69) is 28.6 Å². The van der Waals surface area contributed by atoms with Gasteiger partial charge in [0, 0.05) is 5.75 Å². The van der Waals surface area contributed by atoms with Crippen LogP contribution in [0.5, 0.6) is 0 Å². The number of carbonyl (C=O) groups is 4. The van der Waals surface area contributed by atoms with Crippen LogP contribution in [0.1, 0.15) is 27.7 Å². The van der Waals surface area contributed by atoms with Crippen molar-refractivity contribution >= 4 is 36.3 Å². The maximum Gasteiger partial charge on any atom is 0.328 e. The van der Waals surface area contributed by atoms with Gasteiger partial charge in [-0.3, -0.25) is 14.4 Å². The molecule has 0 aliphatic rings. The summed E-state index contributed by atoms with van der Waals surface area (Å²) in [4.78, 5) is 47.3. The molecule has 0 aromatic heterocycles. The second kappa shape index (κ2) is 11.0. The Morgan fingerprint density at radius 2 is 1.42 bits per heavy atom. The van der Waals surface area contributed by atoms with Crippen LogP contribution in [0.4, 0.5) is 0 Å². The van der Waals surface area contributed by atoms with Crippen LogP contribution in [0, 0.1) is 5.92 Å². The number of carboxylic acid groups (broad SMARTS) is 1. The van der Waals surface area contributed by atoms with Crippen molar-refractivity contribution in [3.8, 4) is 0 Å². The Morgan fingerprint density at radius 1 is 0.923 bits per heavy atom. The van der Waals surface area contributed by atoms with Crippen LogP contribution < -0.4 is 21.7 Å². The van der Waals surface area contributed by atoms with Crippen molar-refractivity contribution in [3.05, 3.63) is 0 Å². The van der Waals surface area contributed by atoms with Gasteiger partial charge in [0.15, 0.2) is 6.04 Å². The lowest BCUT2D eigenvalue weighted by Crippen LogP contribution is -2.58. The van der Waals surface area contributed by atoms with E-state index in [1.165, 1.54) is 13.8 Å². The summed E-state index contributed by atoms with van der Waals surface area (Å²) >= 11 is 3.92. The lowest BCUT2D eigenvalue weighted by Gasteiger charge is -2.25. The van der Waals surface area contributed by atoms with E-state index >= 15 is 0 Å². The van der Waals surface area contributed by atoms with Gasteiger partial charge in [-0.05, 0) is 19.8 Å². The maximum absolute atomic E-state index is 12.4. The smallest absolute Gasteiger partial charge is 0.328 e. The van der Waals surface area contributed by atoms with Gasteiger partial charge in [0.2, 0.25) is 17.7 Å². The lowest BCUT2D eigenvalue weighted by atomic mass is 10.0. The number of nitrogens with one attached hydrogen (secondary N) is 3. The highest BCUT2D eigenvalue weighted by Crippen LogP contribution is 2.04. The molecular weight excluding hydrogens is 364 g/mol. The molecule has 0 saturated heterocycles. The van der Waals surface area contributed by atoms with Crippen LogP contribution in [0.25, 0.3) is 0 Å². The van der Waals surface area contributed by atoms with Gasteiger partial charge in [-0.15, -0.1) is 0 Å². The fourth-order valence-electron chi connectivity index (χ4n) is 1.91. The molecule has 11 heteroatoms. The molecule has 0 heterocycles. The second-order valence-corrected chi connectivity index (χ2v) is 6.68. The highest BCUT2D eigenvalue weighted by Gasteiger charge is 2.30. The zero-order valence-corrected chi connectivity index (χ0v) is 16.1. The average Bonchev–Trinajstić information content (AvgIpc) is 2.54. The summed E-state index contributed by atoms with van der Waals surface area (Å²) in [5.41, 5.74) is 5.56. The monoisotopic (exact) mass is 392 g/mol. The number of amides is 3. The zero-order valence-electron chi connectivity index (χ0n) is 15.2. The number of aliphatic carboxylic acids is 1. The number of aliphatic hydroxyl groups is 1. The molecule has 3 amide bonds. The van der Waals surface area contributed by atoms with E-state index in [0.29, 0.717) is 0 Å². The summed E-state index contributed by atoms with van der Waals surface area (Å²) in [5, 5.41) is 25.4. The first kappa shape index (κ1) is 24.1. The summed E-state index contributed by atoms with van der Waals surface area (Å²) in [6.45, 7) is 5.98. The summed E-state index contributed by atoms with van der Waals surface area (Å²) in [6, 6.07) is -4.40. The predicted molar refractivity (Wildman–Crippen MR) is 97.4 cm³/mol. The van der Waals surface area contributed by atoms with E-state index in [9.17, 15) is 24.3 Å². The minimum absolute atomic E-state index is 0.104. The van der Waals surface area contributed by atoms with Gasteiger partial charge in [-0.25, -0.2) is 4.79 Å². The number of hydrogen-bond acceptors (Lipinski definition) is 7. The highest BCUT2D eigenvalue weighted by atomic mass is 32.1. The first-order valence-corrected chi connectivity index (χ1v) is 8.74.